The van der Waals surface area contributed by atoms with Crippen LogP contribution in [0, 0.1) is 5.92 Å². The normalized spacial score (nSPS) is 16.8. The van der Waals surface area contributed by atoms with Gasteiger partial charge >= 0.3 is 0 Å². The number of amides is 1. The first-order valence-corrected chi connectivity index (χ1v) is 11.0. The number of carbonyl (C=O) groups excluding carboxylic acids is 1. The predicted octanol–water partition coefficient (Wildman–Crippen LogP) is 4.40. The van der Waals surface area contributed by atoms with Crippen LogP contribution in [0.1, 0.15) is 43.7 Å². The van der Waals surface area contributed by atoms with E-state index in [1.807, 2.05) is 43.3 Å². The molecule has 5 heteroatoms. The highest BCUT2D eigenvalue weighted by Crippen LogP contribution is 2.25. The number of para-hydroxylation sites is 1. The molecular formula is C25H34N2O3. The number of carbonyl (C=O) groups is 1. The van der Waals surface area contributed by atoms with Gasteiger partial charge < -0.3 is 14.8 Å². The number of hydrogen-bond acceptors (Lipinski definition) is 4. The molecule has 1 aliphatic rings. The van der Waals surface area contributed by atoms with Crippen LogP contribution >= 0.6 is 0 Å². The SMILES string of the molecule is CCOc1ccccc1CN1CCC[C@H](CCC(=O)NCc2cccc(OC)c2)C1. The smallest absolute Gasteiger partial charge is 0.220 e. The Labute approximate surface area is 180 Å². The molecule has 0 radical (unpaired) electrons. The van der Waals surface area contributed by atoms with Gasteiger partial charge in [0.15, 0.2) is 0 Å². The lowest BCUT2D eigenvalue weighted by atomic mass is 9.93. The van der Waals surface area contributed by atoms with E-state index in [-0.39, 0.29) is 5.91 Å². The molecule has 5 nitrogen and oxygen atoms in total. The molecule has 0 saturated carbocycles. The van der Waals surface area contributed by atoms with Gasteiger partial charge in [-0.3, -0.25) is 9.69 Å². The van der Waals surface area contributed by atoms with Gasteiger partial charge in [-0.15, -0.1) is 0 Å². The Morgan fingerprint density at radius 3 is 2.90 bits per heavy atom. The maximum absolute atomic E-state index is 12.3. The summed E-state index contributed by atoms with van der Waals surface area (Å²) in [6.45, 7) is 6.32. The summed E-state index contributed by atoms with van der Waals surface area (Å²) in [6, 6.07) is 16.1. The Balaban J connectivity index is 1.43. The Bertz CT molecular complexity index is 808. The first kappa shape index (κ1) is 22.2. The molecule has 1 N–H and O–H groups in total. The lowest BCUT2D eigenvalue weighted by Crippen LogP contribution is -2.35. The molecule has 162 valence electrons. The van der Waals surface area contributed by atoms with Gasteiger partial charge in [-0.05, 0) is 62.4 Å². The molecular weight excluding hydrogens is 376 g/mol. The van der Waals surface area contributed by atoms with Gasteiger partial charge in [0, 0.05) is 31.6 Å². The Morgan fingerprint density at radius 1 is 1.20 bits per heavy atom. The second-order valence-corrected chi connectivity index (χ2v) is 7.95. The summed E-state index contributed by atoms with van der Waals surface area (Å²) in [5, 5.41) is 3.04. The molecule has 1 aliphatic heterocycles. The molecule has 0 bridgehead atoms. The molecule has 0 aliphatic carbocycles. The first-order valence-electron chi connectivity index (χ1n) is 11.0. The van der Waals surface area contributed by atoms with Gasteiger partial charge in [0.05, 0.1) is 13.7 Å². The van der Waals surface area contributed by atoms with E-state index >= 15 is 0 Å². The predicted molar refractivity (Wildman–Crippen MR) is 120 cm³/mol. The molecule has 1 fully saturated rings. The van der Waals surface area contributed by atoms with Crippen molar-refractivity contribution in [3.05, 3.63) is 59.7 Å². The summed E-state index contributed by atoms with van der Waals surface area (Å²) < 4.78 is 11.0. The van der Waals surface area contributed by atoms with Gasteiger partial charge in [-0.2, -0.15) is 0 Å². The second kappa shape index (κ2) is 11.6. The third kappa shape index (κ3) is 6.77. The standard InChI is InChI=1S/C25H34N2O3/c1-3-30-24-12-5-4-10-22(24)19-27-15-7-9-20(18-27)13-14-25(28)26-17-21-8-6-11-23(16-21)29-2/h4-6,8,10-12,16,20H,3,7,9,13-15,17-19H2,1-2H3,(H,26,28)/t20-/m1/s1. The van der Waals surface area contributed by atoms with Crippen molar-refractivity contribution in [1.82, 2.24) is 10.2 Å². The van der Waals surface area contributed by atoms with Crippen molar-refractivity contribution in [1.29, 1.82) is 0 Å². The number of methoxy groups -OCH3 is 1. The van der Waals surface area contributed by atoms with E-state index in [1.54, 1.807) is 7.11 Å². The molecule has 0 aromatic heterocycles. The summed E-state index contributed by atoms with van der Waals surface area (Å²) in [4.78, 5) is 14.8. The van der Waals surface area contributed by atoms with Crippen LogP contribution in [-0.4, -0.2) is 37.6 Å². The molecule has 2 aromatic carbocycles. The average molecular weight is 411 g/mol. The van der Waals surface area contributed by atoms with Crippen molar-refractivity contribution in [2.75, 3.05) is 26.8 Å². The van der Waals surface area contributed by atoms with E-state index in [2.05, 4.69) is 22.3 Å². The highest BCUT2D eigenvalue weighted by Gasteiger charge is 2.21. The lowest BCUT2D eigenvalue weighted by molar-refractivity contribution is -0.121. The van der Waals surface area contributed by atoms with Crippen LogP contribution in [0.4, 0.5) is 0 Å². The fourth-order valence-corrected chi connectivity index (χ4v) is 4.11. The van der Waals surface area contributed by atoms with Crippen molar-refractivity contribution < 1.29 is 14.3 Å². The van der Waals surface area contributed by atoms with Crippen molar-refractivity contribution in [2.24, 2.45) is 5.92 Å². The topological polar surface area (TPSA) is 50.8 Å². The zero-order valence-corrected chi connectivity index (χ0v) is 18.2. The summed E-state index contributed by atoms with van der Waals surface area (Å²) in [7, 11) is 1.65. The van der Waals surface area contributed by atoms with Crippen LogP contribution in [0.5, 0.6) is 11.5 Å². The largest absolute Gasteiger partial charge is 0.497 e. The monoisotopic (exact) mass is 410 g/mol. The van der Waals surface area contributed by atoms with Crippen molar-refractivity contribution in [3.8, 4) is 11.5 Å². The van der Waals surface area contributed by atoms with Crippen molar-refractivity contribution >= 4 is 5.91 Å². The fraction of sp³-hybridized carbons (Fsp3) is 0.480. The number of nitrogens with zero attached hydrogens (tertiary/aromatic N) is 1. The van der Waals surface area contributed by atoms with Gasteiger partial charge in [-0.25, -0.2) is 0 Å². The third-order valence-corrected chi connectivity index (χ3v) is 5.67. The minimum atomic E-state index is 0.122. The molecule has 1 saturated heterocycles. The molecule has 1 amide bonds. The molecule has 0 unspecified atom stereocenters. The maximum atomic E-state index is 12.3. The fourth-order valence-electron chi connectivity index (χ4n) is 4.11. The molecule has 0 spiro atoms. The number of hydrogen-bond donors (Lipinski definition) is 1. The Hall–Kier alpha value is -2.53. The van der Waals surface area contributed by atoms with E-state index in [9.17, 15) is 4.79 Å². The summed E-state index contributed by atoms with van der Waals surface area (Å²) >= 11 is 0. The highest BCUT2D eigenvalue weighted by atomic mass is 16.5. The van der Waals surface area contributed by atoms with Crippen molar-refractivity contribution in [2.45, 2.75) is 45.7 Å². The second-order valence-electron chi connectivity index (χ2n) is 7.95. The van der Waals surface area contributed by atoms with Gasteiger partial charge in [0.2, 0.25) is 5.91 Å². The molecule has 30 heavy (non-hydrogen) atoms. The number of likely N-dealkylation sites (tertiary alicyclic amines) is 1. The van der Waals surface area contributed by atoms with Gasteiger partial charge in [-0.1, -0.05) is 30.3 Å². The van der Waals surface area contributed by atoms with E-state index in [0.29, 0.717) is 25.5 Å². The number of ether oxygens (including phenoxy) is 2. The van der Waals surface area contributed by atoms with Crippen LogP contribution < -0.4 is 14.8 Å². The Morgan fingerprint density at radius 2 is 2.07 bits per heavy atom. The maximum Gasteiger partial charge on any atom is 0.220 e. The highest BCUT2D eigenvalue weighted by molar-refractivity contribution is 5.75. The number of nitrogens with one attached hydrogen (secondary N) is 1. The van der Waals surface area contributed by atoms with Crippen LogP contribution in [0.3, 0.4) is 0 Å². The average Bonchev–Trinajstić information content (AvgIpc) is 2.78. The number of rotatable bonds is 10. The van der Waals surface area contributed by atoms with Gasteiger partial charge in [0.1, 0.15) is 11.5 Å². The number of benzene rings is 2. The molecule has 3 rings (SSSR count). The van der Waals surface area contributed by atoms with Crippen LogP contribution in [0.25, 0.3) is 0 Å². The minimum Gasteiger partial charge on any atom is -0.497 e. The van der Waals surface area contributed by atoms with E-state index in [1.165, 1.54) is 18.4 Å². The lowest BCUT2D eigenvalue weighted by Gasteiger charge is -2.33. The Kier molecular flexibility index (Phi) is 8.57. The summed E-state index contributed by atoms with van der Waals surface area (Å²) in [5.74, 6) is 2.49. The van der Waals surface area contributed by atoms with Gasteiger partial charge in [0.25, 0.3) is 0 Å². The molecule has 1 atom stereocenters. The van der Waals surface area contributed by atoms with Crippen LogP contribution in [-0.2, 0) is 17.9 Å². The van der Waals surface area contributed by atoms with Crippen molar-refractivity contribution in [3.63, 3.8) is 0 Å². The zero-order chi connectivity index (χ0) is 21.2. The van der Waals surface area contributed by atoms with Crippen LogP contribution in [0.15, 0.2) is 48.5 Å². The minimum absolute atomic E-state index is 0.122. The van der Waals surface area contributed by atoms with E-state index < -0.39 is 0 Å². The number of piperidine rings is 1. The zero-order valence-electron chi connectivity index (χ0n) is 18.2. The molecule has 2 aromatic rings. The molecule has 1 heterocycles. The van der Waals surface area contributed by atoms with E-state index in [0.717, 1.165) is 43.1 Å². The van der Waals surface area contributed by atoms with E-state index in [4.69, 9.17) is 9.47 Å². The first-order chi connectivity index (χ1) is 14.7. The van der Waals surface area contributed by atoms with Crippen LogP contribution in [0.2, 0.25) is 0 Å². The summed E-state index contributed by atoms with van der Waals surface area (Å²) in [6.07, 6.45) is 3.91. The third-order valence-electron chi connectivity index (χ3n) is 5.67. The quantitative estimate of drug-likeness (QED) is 0.631. The summed E-state index contributed by atoms with van der Waals surface area (Å²) in [5.41, 5.74) is 2.30.